The Morgan fingerprint density at radius 3 is 2.74 bits per heavy atom. The molecule has 0 N–H and O–H groups in total. The van der Waals surface area contributed by atoms with Gasteiger partial charge >= 0.3 is 0 Å². The van der Waals surface area contributed by atoms with Crippen molar-refractivity contribution in [2.45, 2.75) is 25.3 Å². The van der Waals surface area contributed by atoms with Crippen LogP contribution in [0.15, 0.2) is 18.2 Å². The van der Waals surface area contributed by atoms with Gasteiger partial charge in [-0.05, 0) is 31.4 Å². The van der Waals surface area contributed by atoms with E-state index in [-0.39, 0.29) is 17.5 Å². The lowest BCUT2D eigenvalue weighted by Gasteiger charge is -2.37. The van der Waals surface area contributed by atoms with Crippen LogP contribution >= 0.6 is 15.9 Å². The second kappa shape index (κ2) is 6.37. The number of hydrogen-bond acceptors (Lipinski definition) is 2. The lowest BCUT2D eigenvalue weighted by atomic mass is 9.91. The fourth-order valence-corrected chi connectivity index (χ4v) is 2.57. The predicted molar refractivity (Wildman–Crippen MR) is 75.4 cm³/mol. The topological polar surface area (TPSA) is 29.5 Å². The minimum Gasteiger partial charge on any atom is -0.497 e. The normalized spacial score (nSPS) is 14.9. The lowest BCUT2D eigenvalue weighted by molar-refractivity contribution is 0.0595. The number of rotatable bonds is 5. The van der Waals surface area contributed by atoms with Crippen LogP contribution < -0.4 is 4.74 Å². The van der Waals surface area contributed by atoms with Gasteiger partial charge in [-0.2, -0.15) is 0 Å². The van der Waals surface area contributed by atoms with E-state index in [2.05, 4.69) is 15.9 Å². The first-order valence-corrected chi connectivity index (χ1v) is 7.50. The van der Waals surface area contributed by atoms with Crippen LogP contribution in [0.25, 0.3) is 0 Å². The molecule has 1 saturated carbocycles. The van der Waals surface area contributed by atoms with Gasteiger partial charge in [-0.3, -0.25) is 4.79 Å². The molecule has 1 aromatic carbocycles. The highest BCUT2D eigenvalue weighted by Gasteiger charge is 2.30. The average molecular weight is 330 g/mol. The molecule has 0 aromatic heterocycles. The van der Waals surface area contributed by atoms with E-state index in [4.69, 9.17) is 4.74 Å². The number of halogens is 2. The summed E-state index contributed by atoms with van der Waals surface area (Å²) in [5, 5.41) is 0.701. The van der Waals surface area contributed by atoms with Crippen LogP contribution in [-0.4, -0.2) is 35.8 Å². The van der Waals surface area contributed by atoms with Gasteiger partial charge in [0.2, 0.25) is 0 Å². The Morgan fingerprint density at radius 2 is 2.26 bits per heavy atom. The Labute approximate surface area is 120 Å². The van der Waals surface area contributed by atoms with Crippen LogP contribution in [-0.2, 0) is 0 Å². The summed E-state index contributed by atoms with van der Waals surface area (Å²) < 4.78 is 18.9. The molecule has 2 rings (SSSR count). The van der Waals surface area contributed by atoms with Gasteiger partial charge in [-0.25, -0.2) is 4.39 Å². The second-order valence-electron chi connectivity index (χ2n) is 4.62. The van der Waals surface area contributed by atoms with E-state index in [0.717, 1.165) is 19.3 Å². The van der Waals surface area contributed by atoms with Crippen LogP contribution in [0.2, 0.25) is 0 Å². The molecule has 1 aromatic rings. The van der Waals surface area contributed by atoms with Crippen molar-refractivity contribution in [3.05, 3.63) is 29.6 Å². The van der Waals surface area contributed by atoms with Gasteiger partial charge in [0.05, 0.1) is 12.7 Å². The first kappa shape index (κ1) is 14.3. The Morgan fingerprint density at radius 1 is 1.53 bits per heavy atom. The number of nitrogens with zero attached hydrogens (tertiary/aromatic N) is 1. The van der Waals surface area contributed by atoms with Gasteiger partial charge in [0.15, 0.2) is 0 Å². The summed E-state index contributed by atoms with van der Waals surface area (Å²) in [5.41, 5.74) is 0.119. The molecule has 1 fully saturated rings. The quantitative estimate of drug-likeness (QED) is 0.776. The first-order chi connectivity index (χ1) is 9.17. The molecule has 0 spiro atoms. The minimum absolute atomic E-state index is 0.119. The van der Waals surface area contributed by atoms with Crippen LogP contribution in [0.5, 0.6) is 5.75 Å². The molecule has 1 aliphatic carbocycles. The van der Waals surface area contributed by atoms with Crippen molar-refractivity contribution in [3.63, 3.8) is 0 Å². The minimum atomic E-state index is -0.525. The number of carbonyl (C=O) groups excluding carboxylic acids is 1. The van der Waals surface area contributed by atoms with E-state index in [9.17, 15) is 9.18 Å². The Hall–Kier alpha value is -1.10. The predicted octanol–water partition coefficient (Wildman–Crippen LogP) is 3.22. The summed E-state index contributed by atoms with van der Waals surface area (Å²) >= 11 is 3.35. The molecular formula is C14H17BrFNO2. The number of benzene rings is 1. The maximum absolute atomic E-state index is 13.9. The first-order valence-electron chi connectivity index (χ1n) is 6.38. The number of methoxy groups -OCH3 is 1. The number of hydrogen-bond donors (Lipinski definition) is 0. The zero-order chi connectivity index (χ0) is 13.8. The average Bonchev–Trinajstić information content (AvgIpc) is 2.35. The summed E-state index contributed by atoms with van der Waals surface area (Å²) in [5.74, 6) is -0.336. The van der Waals surface area contributed by atoms with Crippen molar-refractivity contribution in [1.82, 2.24) is 4.90 Å². The smallest absolute Gasteiger partial charge is 0.257 e. The van der Waals surface area contributed by atoms with Crippen molar-refractivity contribution >= 4 is 21.8 Å². The van der Waals surface area contributed by atoms with Crippen molar-refractivity contribution in [1.29, 1.82) is 0 Å². The highest BCUT2D eigenvalue weighted by Crippen LogP contribution is 2.27. The fourth-order valence-electron chi connectivity index (χ4n) is 2.19. The largest absolute Gasteiger partial charge is 0.497 e. The lowest BCUT2D eigenvalue weighted by Crippen LogP contribution is -2.45. The molecule has 0 aliphatic heterocycles. The highest BCUT2D eigenvalue weighted by atomic mass is 79.9. The number of amides is 1. The molecule has 1 aliphatic rings. The Balaban J connectivity index is 2.20. The maximum atomic E-state index is 13.9. The molecule has 0 radical (unpaired) electrons. The summed E-state index contributed by atoms with van der Waals surface area (Å²) in [6.07, 6.45) is 3.16. The van der Waals surface area contributed by atoms with E-state index in [1.165, 1.54) is 19.2 Å². The van der Waals surface area contributed by atoms with E-state index < -0.39 is 5.82 Å². The fraction of sp³-hybridized carbons (Fsp3) is 0.500. The number of alkyl halides is 1. The highest BCUT2D eigenvalue weighted by molar-refractivity contribution is 9.09. The van der Waals surface area contributed by atoms with Gasteiger partial charge in [0.25, 0.3) is 5.91 Å². The summed E-state index contributed by atoms with van der Waals surface area (Å²) in [4.78, 5) is 14.2. The van der Waals surface area contributed by atoms with E-state index >= 15 is 0 Å². The third-order valence-electron chi connectivity index (χ3n) is 3.51. The third kappa shape index (κ3) is 3.08. The molecule has 0 bridgehead atoms. The molecule has 5 heteroatoms. The number of ether oxygens (including phenoxy) is 1. The van der Waals surface area contributed by atoms with Crippen molar-refractivity contribution in [2.24, 2.45) is 0 Å². The molecule has 0 atom stereocenters. The van der Waals surface area contributed by atoms with Crippen LogP contribution in [0, 0.1) is 5.82 Å². The standard InChI is InChI=1S/C14H17BrFNO2/c1-19-11-5-6-12(13(16)9-11)14(18)17(8-7-15)10-3-2-4-10/h5-6,9-10H,2-4,7-8H2,1H3. The van der Waals surface area contributed by atoms with E-state index in [0.29, 0.717) is 17.6 Å². The SMILES string of the molecule is COc1ccc(C(=O)N(CCBr)C2CCC2)c(F)c1. The van der Waals surface area contributed by atoms with Gasteiger partial charge in [-0.1, -0.05) is 15.9 Å². The van der Waals surface area contributed by atoms with Gasteiger partial charge in [0.1, 0.15) is 11.6 Å². The zero-order valence-electron chi connectivity index (χ0n) is 10.9. The Bertz CT molecular complexity index is 463. The maximum Gasteiger partial charge on any atom is 0.257 e. The molecule has 104 valence electrons. The van der Waals surface area contributed by atoms with Gasteiger partial charge in [0, 0.05) is 24.0 Å². The zero-order valence-corrected chi connectivity index (χ0v) is 12.5. The third-order valence-corrected chi connectivity index (χ3v) is 3.86. The molecule has 0 unspecified atom stereocenters. The molecule has 0 saturated heterocycles. The molecular weight excluding hydrogens is 313 g/mol. The molecule has 19 heavy (non-hydrogen) atoms. The Kier molecular flexibility index (Phi) is 4.80. The van der Waals surface area contributed by atoms with Gasteiger partial charge in [-0.15, -0.1) is 0 Å². The van der Waals surface area contributed by atoms with E-state index in [1.807, 2.05) is 0 Å². The van der Waals surface area contributed by atoms with Gasteiger partial charge < -0.3 is 9.64 Å². The van der Waals surface area contributed by atoms with Crippen molar-refractivity contribution < 1.29 is 13.9 Å². The summed E-state index contributed by atoms with van der Waals surface area (Å²) in [6, 6.07) is 4.62. The van der Waals surface area contributed by atoms with E-state index in [1.54, 1.807) is 11.0 Å². The molecule has 3 nitrogen and oxygen atoms in total. The van der Waals surface area contributed by atoms with Crippen LogP contribution in [0.3, 0.4) is 0 Å². The van der Waals surface area contributed by atoms with Crippen molar-refractivity contribution in [2.75, 3.05) is 19.0 Å². The molecule has 1 amide bonds. The van der Waals surface area contributed by atoms with Crippen LogP contribution in [0.1, 0.15) is 29.6 Å². The summed E-state index contributed by atoms with van der Waals surface area (Å²) in [7, 11) is 1.47. The molecule has 0 heterocycles. The van der Waals surface area contributed by atoms with Crippen molar-refractivity contribution in [3.8, 4) is 5.75 Å². The second-order valence-corrected chi connectivity index (χ2v) is 5.41. The summed E-state index contributed by atoms with van der Waals surface area (Å²) in [6.45, 7) is 0.606. The monoisotopic (exact) mass is 329 g/mol. The van der Waals surface area contributed by atoms with Crippen LogP contribution in [0.4, 0.5) is 4.39 Å². The number of carbonyl (C=O) groups is 1.